The average molecular weight is 652 g/mol. The number of anilines is 2. The second-order valence-corrected chi connectivity index (χ2v) is 13.2. The molecule has 1 fully saturated rings. The second kappa shape index (κ2) is 12.8. The first kappa shape index (κ1) is 32.7. The molecule has 0 spiro atoms. The average Bonchev–Trinajstić information content (AvgIpc) is 3.23. The molecule has 3 aromatic rings. The minimum absolute atomic E-state index is 0.0168. The molecule has 2 atom stereocenters. The van der Waals surface area contributed by atoms with Crippen molar-refractivity contribution in [2.75, 3.05) is 50.2 Å². The molecule has 2 N–H and O–H groups in total. The summed E-state index contributed by atoms with van der Waals surface area (Å²) in [4.78, 5) is 1.75. The van der Waals surface area contributed by atoms with Crippen LogP contribution in [-0.2, 0) is 16.3 Å². The van der Waals surface area contributed by atoms with Crippen LogP contribution in [0.4, 0.5) is 42.1 Å². The smallest absolute Gasteiger partial charge is 0.422 e. The van der Waals surface area contributed by atoms with Crippen molar-refractivity contribution >= 4 is 42.6 Å². The van der Waals surface area contributed by atoms with Gasteiger partial charge in [0.25, 0.3) is 0 Å². The molecule has 1 saturated heterocycles. The minimum Gasteiger partial charge on any atom is -0.482 e. The molecule has 0 aliphatic carbocycles. The fourth-order valence-electron chi connectivity index (χ4n) is 4.60. The van der Waals surface area contributed by atoms with Crippen LogP contribution in [0, 0.1) is 11.8 Å². The zero-order chi connectivity index (χ0) is 31.6. The van der Waals surface area contributed by atoms with E-state index in [1.54, 1.807) is 18.2 Å². The van der Waals surface area contributed by atoms with E-state index < -0.39 is 47.4 Å². The monoisotopic (exact) mass is 651 g/mol. The van der Waals surface area contributed by atoms with Crippen LogP contribution >= 0.6 is 11.3 Å². The Labute approximate surface area is 248 Å². The summed E-state index contributed by atoms with van der Waals surface area (Å²) in [6.45, 7) is -0.965. The zero-order valence-corrected chi connectivity index (χ0v) is 24.6. The van der Waals surface area contributed by atoms with E-state index >= 15 is 0 Å². The molecule has 0 radical (unpaired) electrons. The van der Waals surface area contributed by atoms with Gasteiger partial charge >= 0.3 is 12.4 Å². The summed E-state index contributed by atoms with van der Waals surface area (Å²) >= 11 is 1.03. The largest absolute Gasteiger partial charge is 0.482 e. The van der Waals surface area contributed by atoms with E-state index in [4.69, 9.17) is 4.74 Å². The van der Waals surface area contributed by atoms with Crippen LogP contribution in [0.1, 0.15) is 16.9 Å². The van der Waals surface area contributed by atoms with Gasteiger partial charge in [0.15, 0.2) is 16.4 Å². The molecule has 0 saturated carbocycles. The van der Waals surface area contributed by atoms with Crippen LogP contribution in [0.25, 0.3) is 10.1 Å². The lowest BCUT2D eigenvalue weighted by molar-refractivity contribution is -0.153. The van der Waals surface area contributed by atoms with Crippen LogP contribution in [0.15, 0.2) is 41.3 Å². The minimum atomic E-state index is -4.68. The number of fused-ring (bicyclic) bond motifs is 1. The number of hydrogen-bond donors (Lipinski definition) is 2. The fourth-order valence-corrected chi connectivity index (χ4v) is 6.41. The second-order valence-electron chi connectivity index (χ2n) is 10.2. The van der Waals surface area contributed by atoms with Gasteiger partial charge in [-0.15, -0.1) is 11.3 Å². The predicted octanol–water partition coefficient (Wildman–Crippen LogP) is 6.27. The van der Waals surface area contributed by atoms with Crippen molar-refractivity contribution in [2.24, 2.45) is 0 Å². The predicted molar refractivity (Wildman–Crippen MR) is 152 cm³/mol. The molecule has 1 aliphatic heterocycles. The Morgan fingerprint density at radius 1 is 1.09 bits per heavy atom. The number of hydrogen-bond acceptors (Lipinski definition) is 7. The van der Waals surface area contributed by atoms with E-state index in [1.807, 2.05) is 11.9 Å². The third kappa shape index (κ3) is 8.90. The van der Waals surface area contributed by atoms with Crippen molar-refractivity contribution in [3.8, 4) is 17.6 Å². The van der Waals surface area contributed by atoms with Crippen LogP contribution in [0.5, 0.6) is 5.75 Å². The SMILES string of the molecule is CN1CCC(Nc2cccc3c(CC(F)(F)F)c(C#CCNc4ccc(S(C)(=O)=O)cc4OCC(F)(F)F)sc23)C(F)C1. The van der Waals surface area contributed by atoms with E-state index in [-0.39, 0.29) is 39.9 Å². The lowest BCUT2D eigenvalue weighted by Crippen LogP contribution is -2.46. The number of benzene rings is 2. The molecular weight excluding hydrogens is 623 g/mol. The molecule has 234 valence electrons. The Bertz CT molecular complexity index is 1630. The number of thiophene rings is 1. The van der Waals surface area contributed by atoms with Crippen molar-refractivity contribution < 1.29 is 43.9 Å². The van der Waals surface area contributed by atoms with Crippen molar-refractivity contribution in [2.45, 2.75) is 42.3 Å². The number of rotatable bonds is 8. The first-order valence-electron chi connectivity index (χ1n) is 13.0. The number of alkyl halides is 7. The number of piperidine rings is 1. The van der Waals surface area contributed by atoms with E-state index in [1.165, 1.54) is 12.1 Å². The fraction of sp³-hybridized carbons (Fsp3) is 0.429. The van der Waals surface area contributed by atoms with Crippen molar-refractivity contribution in [3.05, 3.63) is 46.8 Å². The highest BCUT2D eigenvalue weighted by Crippen LogP contribution is 2.39. The summed E-state index contributed by atoms with van der Waals surface area (Å²) in [5.74, 6) is 5.05. The van der Waals surface area contributed by atoms with E-state index in [0.29, 0.717) is 28.7 Å². The van der Waals surface area contributed by atoms with Gasteiger partial charge in [0.1, 0.15) is 11.9 Å². The number of nitrogens with zero attached hydrogens (tertiary/aromatic N) is 1. The van der Waals surface area contributed by atoms with Crippen LogP contribution in [-0.4, -0.2) is 77.4 Å². The first-order valence-corrected chi connectivity index (χ1v) is 15.7. The molecule has 1 aromatic heterocycles. The molecule has 0 amide bonds. The lowest BCUT2D eigenvalue weighted by Gasteiger charge is -2.33. The number of likely N-dealkylation sites (tertiary alicyclic amines) is 1. The van der Waals surface area contributed by atoms with Gasteiger partial charge in [0.05, 0.1) is 44.9 Å². The highest BCUT2D eigenvalue weighted by atomic mass is 32.2. The summed E-state index contributed by atoms with van der Waals surface area (Å²) < 4.78 is 123. The van der Waals surface area contributed by atoms with E-state index in [0.717, 1.165) is 23.7 Å². The van der Waals surface area contributed by atoms with Crippen LogP contribution in [0.3, 0.4) is 0 Å². The number of nitrogens with one attached hydrogen (secondary N) is 2. The van der Waals surface area contributed by atoms with Gasteiger partial charge in [-0.2, -0.15) is 26.3 Å². The van der Waals surface area contributed by atoms with Gasteiger partial charge in [0.2, 0.25) is 0 Å². The quantitative estimate of drug-likeness (QED) is 0.221. The summed E-state index contributed by atoms with van der Waals surface area (Å²) in [5, 5.41) is 6.24. The zero-order valence-electron chi connectivity index (χ0n) is 23.0. The highest BCUT2D eigenvalue weighted by Gasteiger charge is 2.32. The molecule has 4 rings (SSSR count). The Morgan fingerprint density at radius 3 is 2.49 bits per heavy atom. The normalized spacial score (nSPS) is 18.3. The molecule has 2 aromatic carbocycles. The van der Waals surface area contributed by atoms with Crippen molar-refractivity contribution in [1.82, 2.24) is 4.90 Å². The molecule has 2 heterocycles. The van der Waals surface area contributed by atoms with Gasteiger partial charge in [-0.1, -0.05) is 24.0 Å². The summed E-state index contributed by atoms with van der Waals surface area (Å²) in [6, 6.07) is 7.68. The number of ether oxygens (including phenoxy) is 1. The highest BCUT2D eigenvalue weighted by molar-refractivity contribution is 7.90. The van der Waals surface area contributed by atoms with Gasteiger partial charge < -0.3 is 20.3 Å². The Kier molecular flexibility index (Phi) is 9.72. The molecule has 0 bridgehead atoms. The number of halogens is 7. The van der Waals surface area contributed by atoms with E-state index in [2.05, 4.69) is 22.5 Å². The van der Waals surface area contributed by atoms with Crippen molar-refractivity contribution in [1.29, 1.82) is 0 Å². The molecule has 2 unspecified atom stereocenters. The third-order valence-electron chi connectivity index (χ3n) is 6.62. The first-order chi connectivity index (χ1) is 20.0. The van der Waals surface area contributed by atoms with Gasteiger partial charge in [-0.05, 0) is 42.6 Å². The topological polar surface area (TPSA) is 70.7 Å². The molecule has 6 nitrogen and oxygen atoms in total. The molecule has 1 aliphatic rings. The maximum atomic E-state index is 14.7. The van der Waals surface area contributed by atoms with E-state index in [9.17, 15) is 39.2 Å². The van der Waals surface area contributed by atoms with Crippen LogP contribution in [0.2, 0.25) is 0 Å². The summed E-state index contributed by atoms with van der Waals surface area (Å²) in [7, 11) is -1.93. The Balaban J connectivity index is 1.61. The maximum Gasteiger partial charge on any atom is 0.422 e. The number of sulfone groups is 1. The van der Waals surface area contributed by atoms with Crippen molar-refractivity contribution in [3.63, 3.8) is 0 Å². The van der Waals surface area contributed by atoms with Gasteiger partial charge in [-0.3, -0.25) is 0 Å². The third-order valence-corrected chi connectivity index (χ3v) is 8.93. The molecule has 43 heavy (non-hydrogen) atoms. The summed E-state index contributed by atoms with van der Waals surface area (Å²) in [6.07, 6.45) is -10.2. The van der Waals surface area contributed by atoms with Crippen LogP contribution < -0.4 is 15.4 Å². The summed E-state index contributed by atoms with van der Waals surface area (Å²) in [5.41, 5.74) is 0.491. The maximum absolute atomic E-state index is 14.7. The Morgan fingerprint density at radius 2 is 1.84 bits per heavy atom. The molecule has 15 heteroatoms. The standard InChI is InChI=1S/C28H28F7N3O3S2/c1-38-12-10-21(20(29)15-38)37-23-6-3-5-18-19(14-27(30,31)32)25(42-26(18)23)7-4-11-36-22-9-8-17(43(2,39)40)13-24(22)41-16-28(33,34)35/h3,5-6,8-9,13,20-21,36-37H,10-12,14-16H2,1-2H3. The van der Waals surface area contributed by atoms with Gasteiger partial charge in [-0.25, -0.2) is 12.8 Å². The molecular formula is C28H28F7N3O3S2. The lowest BCUT2D eigenvalue weighted by atomic mass is 10.0. The Hall–Kier alpha value is -3.22. The van der Waals surface area contributed by atoms with Gasteiger partial charge in [0, 0.05) is 25.4 Å².